The van der Waals surface area contributed by atoms with Crippen LogP contribution in [0.2, 0.25) is 0 Å². The molecule has 0 bridgehead atoms. The molecule has 1 rings (SSSR count). The van der Waals surface area contributed by atoms with Gasteiger partial charge in [0.25, 0.3) is 0 Å². The van der Waals surface area contributed by atoms with Crippen molar-refractivity contribution in [3.05, 3.63) is 0 Å². The molecule has 0 spiro atoms. The van der Waals surface area contributed by atoms with Gasteiger partial charge in [-0.2, -0.15) is 0 Å². The molecule has 1 aliphatic rings. The van der Waals surface area contributed by atoms with Gasteiger partial charge < -0.3 is 15.2 Å². The molecule has 3 heteroatoms. The lowest BCUT2D eigenvalue weighted by molar-refractivity contribution is 0.0596. The van der Waals surface area contributed by atoms with E-state index in [2.05, 4.69) is 0 Å². The molecular formula is C12H25NO2. The van der Waals surface area contributed by atoms with Gasteiger partial charge in [0.1, 0.15) is 0 Å². The molecule has 1 fully saturated rings. The fourth-order valence-electron chi connectivity index (χ4n) is 2.20. The number of hydrogen-bond acceptors (Lipinski definition) is 3. The van der Waals surface area contributed by atoms with Crippen molar-refractivity contribution in [2.24, 2.45) is 5.73 Å². The second kappa shape index (κ2) is 7.20. The highest BCUT2D eigenvalue weighted by molar-refractivity contribution is 4.85. The Balaban J connectivity index is 2.11. The molecule has 2 N–H and O–H groups in total. The molecule has 0 saturated heterocycles. The van der Waals surface area contributed by atoms with Gasteiger partial charge in [0.15, 0.2) is 0 Å². The van der Waals surface area contributed by atoms with Crippen LogP contribution in [0, 0.1) is 0 Å². The number of rotatable bonds is 6. The molecule has 0 aliphatic heterocycles. The van der Waals surface area contributed by atoms with Crippen LogP contribution in [0.4, 0.5) is 0 Å². The lowest BCUT2D eigenvalue weighted by Crippen LogP contribution is -2.40. The zero-order valence-electron chi connectivity index (χ0n) is 9.96. The Kier molecular flexibility index (Phi) is 6.22. The van der Waals surface area contributed by atoms with Gasteiger partial charge in [-0.15, -0.1) is 0 Å². The van der Waals surface area contributed by atoms with Gasteiger partial charge in [-0.25, -0.2) is 0 Å². The maximum atomic E-state index is 6.36. The number of nitrogens with two attached hydrogens (primary N) is 1. The van der Waals surface area contributed by atoms with Crippen LogP contribution in [-0.4, -0.2) is 32.5 Å². The van der Waals surface area contributed by atoms with E-state index < -0.39 is 0 Å². The lowest BCUT2D eigenvalue weighted by Gasteiger charge is -2.27. The van der Waals surface area contributed by atoms with E-state index in [1.807, 2.05) is 0 Å². The summed E-state index contributed by atoms with van der Waals surface area (Å²) < 4.78 is 10.4. The summed E-state index contributed by atoms with van der Waals surface area (Å²) in [5.41, 5.74) is 6.41. The summed E-state index contributed by atoms with van der Waals surface area (Å²) in [5.74, 6) is 0. The normalized spacial score (nSPS) is 21.2. The smallest absolute Gasteiger partial charge is 0.0700 e. The SMILES string of the molecule is COCCOCCC1(N)CCCCCC1. The molecular weight excluding hydrogens is 190 g/mol. The van der Waals surface area contributed by atoms with Crippen LogP contribution in [0.25, 0.3) is 0 Å². The minimum Gasteiger partial charge on any atom is -0.382 e. The number of hydrogen-bond donors (Lipinski definition) is 1. The monoisotopic (exact) mass is 215 g/mol. The molecule has 90 valence electrons. The second-order valence-electron chi connectivity index (χ2n) is 4.63. The maximum absolute atomic E-state index is 6.36. The first-order chi connectivity index (χ1) is 7.27. The highest BCUT2D eigenvalue weighted by atomic mass is 16.5. The van der Waals surface area contributed by atoms with Gasteiger partial charge >= 0.3 is 0 Å². The molecule has 15 heavy (non-hydrogen) atoms. The minimum absolute atomic E-state index is 0.0452. The molecule has 1 aliphatic carbocycles. The molecule has 0 aromatic rings. The summed E-state index contributed by atoms with van der Waals surface area (Å²) in [6.07, 6.45) is 8.61. The van der Waals surface area contributed by atoms with Crippen molar-refractivity contribution in [3.63, 3.8) is 0 Å². The zero-order chi connectivity index (χ0) is 11.0. The van der Waals surface area contributed by atoms with E-state index in [1.54, 1.807) is 7.11 Å². The molecule has 0 unspecified atom stereocenters. The Labute approximate surface area is 93.3 Å². The Morgan fingerprint density at radius 2 is 1.67 bits per heavy atom. The van der Waals surface area contributed by atoms with Crippen LogP contribution >= 0.6 is 0 Å². The van der Waals surface area contributed by atoms with Crippen molar-refractivity contribution in [2.75, 3.05) is 26.9 Å². The molecule has 3 nitrogen and oxygen atoms in total. The van der Waals surface area contributed by atoms with Gasteiger partial charge in [0, 0.05) is 19.3 Å². The topological polar surface area (TPSA) is 44.5 Å². The first kappa shape index (κ1) is 12.9. The van der Waals surface area contributed by atoms with Crippen molar-refractivity contribution in [3.8, 4) is 0 Å². The van der Waals surface area contributed by atoms with Crippen LogP contribution in [0.15, 0.2) is 0 Å². The van der Waals surface area contributed by atoms with Crippen molar-refractivity contribution >= 4 is 0 Å². The van der Waals surface area contributed by atoms with Crippen LogP contribution in [0.5, 0.6) is 0 Å². The van der Waals surface area contributed by atoms with Gasteiger partial charge in [-0.05, 0) is 19.3 Å². The van der Waals surface area contributed by atoms with E-state index >= 15 is 0 Å². The van der Waals surface area contributed by atoms with E-state index in [1.165, 1.54) is 38.5 Å². The zero-order valence-corrected chi connectivity index (χ0v) is 9.96. The van der Waals surface area contributed by atoms with E-state index in [4.69, 9.17) is 15.2 Å². The predicted octanol–water partition coefficient (Wildman–Crippen LogP) is 2.09. The predicted molar refractivity (Wildman–Crippen MR) is 61.9 cm³/mol. The van der Waals surface area contributed by atoms with Crippen LogP contribution in [0.3, 0.4) is 0 Å². The van der Waals surface area contributed by atoms with E-state index in [0.29, 0.717) is 13.2 Å². The Morgan fingerprint density at radius 3 is 2.27 bits per heavy atom. The first-order valence-electron chi connectivity index (χ1n) is 6.12. The Bertz CT molecular complexity index is 154. The molecule has 0 amide bonds. The maximum Gasteiger partial charge on any atom is 0.0700 e. The fourth-order valence-corrected chi connectivity index (χ4v) is 2.20. The second-order valence-corrected chi connectivity index (χ2v) is 4.63. The Morgan fingerprint density at radius 1 is 1.00 bits per heavy atom. The quantitative estimate of drug-likeness (QED) is 0.545. The minimum atomic E-state index is 0.0452. The van der Waals surface area contributed by atoms with Crippen LogP contribution in [0.1, 0.15) is 44.9 Å². The highest BCUT2D eigenvalue weighted by Gasteiger charge is 2.25. The standard InChI is InChI=1S/C12H25NO2/c1-14-10-11-15-9-8-12(13)6-4-2-3-5-7-12/h2-11,13H2,1H3. The van der Waals surface area contributed by atoms with Crippen molar-refractivity contribution < 1.29 is 9.47 Å². The third kappa shape index (κ3) is 5.50. The van der Waals surface area contributed by atoms with E-state index in [0.717, 1.165) is 13.0 Å². The van der Waals surface area contributed by atoms with E-state index in [9.17, 15) is 0 Å². The number of ether oxygens (including phenoxy) is 2. The van der Waals surface area contributed by atoms with Crippen LogP contribution < -0.4 is 5.73 Å². The highest BCUT2D eigenvalue weighted by Crippen LogP contribution is 2.27. The summed E-state index contributed by atoms with van der Waals surface area (Å²) in [6.45, 7) is 2.14. The van der Waals surface area contributed by atoms with Crippen LogP contribution in [-0.2, 0) is 9.47 Å². The molecule has 0 aromatic heterocycles. The number of methoxy groups -OCH3 is 1. The summed E-state index contributed by atoms with van der Waals surface area (Å²) in [6, 6.07) is 0. The third-order valence-corrected chi connectivity index (χ3v) is 3.28. The van der Waals surface area contributed by atoms with Gasteiger partial charge in [0.2, 0.25) is 0 Å². The first-order valence-corrected chi connectivity index (χ1v) is 6.12. The molecule has 0 heterocycles. The van der Waals surface area contributed by atoms with Gasteiger partial charge in [-0.3, -0.25) is 0 Å². The van der Waals surface area contributed by atoms with Gasteiger partial charge in [-0.1, -0.05) is 25.7 Å². The van der Waals surface area contributed by atoms with Gasteiger partial charge in [0.05, 0.1) is 13.2 Å². The Hall–Kier alpha value is -0.120. The molecule has 0 atom stereocenters. The van der Waals surface area contributed by atoms with Crippen molar-refractivity contribution in [2.45, 2.75) is 50.5 Å². The lowest BCUT2D eigenvalue weighted by atomic mass is 9.88. The molecule has 1 saturated carbocycles. The third-order valence-electron chi connectivity index (χ3n) is 3.28. The summed E-state index contributed by atoms with van der Waals surface area (Å²) >= 11 is 0. The largest absolute Gasteiger partial charge is 0.382 e. The van der Waals surface area contributed by atoms with E-state index in [-0.39, 0.29) is 5.54 Å². The summed E-state index contributed by atoms with van der Waals surface area (Å²) in [4.78, 5) is 0. The summed E-state index contributed by atoms with van der Waals surface area (Å²) in [5, 5.41) is 0. The fraction of sp³-hybridized carbons (Fsp3) is 1.00. The average Bonchev–Trinajstić information content (AvgIpc) is 2.43. The molecule has 0 aromatic carbocycles. The average molecular weight is 215 g/mol. The van der Waals surface area contributed by atoms with Crippen molar-refractivity contribution in [1.82, 2.24) is 0 Å². The molecule has 0 radical (unpaired) electrons. The summed E-state index contributed by atoms with van der Waals surface area (Å²) in [7, 11) is 1.69. The van der Waals surface area contributed by atoms with Crippen molar-refractivity contribution in [1.29, 1.82) is 0 Å².